The van der Waals surface area contributed by atoms with Gasteiger partial charge >= 0.3 is 0 Å². The Balaban J connectivity index is 2.13. The van der Waals surface area contributed by atoms with E-state index in [-0.39, 0.29) is 6.10 Å². The molecule has 1 fully saturated rings. The summed E-state index contributed by atoms with van der Waals surface area (Å²) >= 11 is 0. The number of amidine groups is 1. The zero-order chi connectivity index (χ0) is 11.0. The lowest BCUT2D eigenvalue weighted by molar-refractivity contribution is -0.254. The Kier molecular flexibility index (Phi) is 2.92. The van der Waals surface area contributed by atoms with E-state index >= 15 is 0 Å². The zero-order valence-corrected chi connectivity index (χ0v) is 8.50. The van der Waals surface area contributed by atoms with Gasteiger partial charge < -0.3 is 25.4 Å². The fraction of sp³-hybridized carbons (Fsp3) is 0.889. The van der Waals surface area contributed by atoms with E-state index in [1.54, 1.807) is 0 Å². The summed E-state index contributed by atoms with van der Waals surface area (Å²) in [6.07, 6.45) is -3.27. The number of fused-ring (bicyclic) bond motifs is 1. The Hall–Kier alpha value is -0.690. The maximum atomic E-state index is 9.75. The first-order valence-corrected chi connectivity index (χ1v) is 5.13. The van der Waals surface area contributed by atoms with Gasteiger partial charge in [-0.3, -0.25) is 4.99 Å². The molecule has 2 heterocycles. The van der Waals surface area contributed by atoms with E-state index in [0.29, 0.717) is 6.54 Å². The van der Waals surface area contributed by atoms with Crippen LogP contribution in [0.15, 0.2) is 4.99 Å². The van der Waals surface area contributed by atoms with E-state index in [4.69, 9.17) is 4.74 Å². The van der Waals surface area contributed by atoms with Crippen molar-refractivity contribution in [1.82, 2.24) is 5.32 Å². The number of aliphatic hydroxyl groups is 3. The summed E-state index contributed by atoms with van der Waals surface area (Å²) in [7, 11) is 0. The average Bonchev–Trinajstić information content (AvgIpc) is 2.26. The molecule has 0 saturated carbocycles. The van der Waals surface area contributed by atoms with Crippen molar-refractivity contribution in [3.8, 4) is 0 Å². The number of nitrogens with zero attached hydrogens (tertiary/aromatic N) is 1. The number of nitrogens with one attached hydrogen (secondary N) is 1. The first kappa shape index (κ1) is 10.8. The molecule has 5 atom stereocenters. The highest BCUT2D eigenvalue weighted by Gasteiger charge is 2.45. The Morgan fingerprint density at radius 2 is 2.13 bits per heavy atom. The van der Waals surface area contributed by atoms with Crippen LogP contribution in [0.4, 0.5) is 0 Å². The topological polar surface area (TPSA) is 94.3 Å². The minimum absolute atomic E-state index is 0.381. The fourth-order valence-corrected chi connectivity index (χ4v) is 1.93. The van der Waals surface area contributed by atoms with Crippen molar-refractivity contribution >= 4 is 5.84 Å². The van der Waals surface area contributed by atoms with Crippen LogP contribution < -0.4 is 5.32 Å². The van der Waals surface area contributed by atoms with Crippen molar-refractivity contribution in [1.29, 1.82) is 0 Å². The third kappa shape index (κ3) is 1.85. The second kappa shape index (κ2) is 4.05. The molecule has 0 amide bonds. The predicted octanol–water partition coefficient (Wildman–Crippen LogP) is -1.79. The van der Waals surface area contributed by atoms with Crippen molar-refractivity contribution in [3.05, 3.63) is 0 Å². The molecule has 0 bridgehead atoms. The van der Waals surface area contributed by atoms with Crippen molar-refractivity contribution in [2.75, 3.05) is 6.54 Å². The Bertz CT molecular complexity index is 271. The molecule has 2 rings (SSSR count). The monoisotopic (exact) mass is 216 g/mol. The number of rotatable bonds is 1. The maximum Gasteiger partial charge on any atom is 0.183 e. The van der Waals surface area contributed by atoms with Crippen LogP contribution in [0.3, 0.4) is 0 Å². The molecule has 6 nitrogen and oxygen atoms in total. The quantitative estimate of drug-likeness (QED) is 0.415. The second-order valence-electron chi connectivity index (χ2n) is 3.86. The first-order chi connectivity index (χ1) is 7.13. The zero-order valence-electron chi connectivity index (χ0n) is 8.50. The lowest BCUT2D eigenvalue weighted by Crippen LogP contribution is -2.65. The molecule has 15 heavy (non-hydrogen) atoms. The normalized spacial score (nSPS) is 45.3. The molecule has 4 N–H and O–H groups in total. The molecule has 5 unspecified atom stereocenters. The number of aliphatic imine (C=N–C) groups is 1. The summed E-state index contributed by atoms with van der Waals surface area (Å²) in [4.78, 5) is 4.20. The van der Waals surface area contributed by atoms with Gasteiger partial charge in [-0.15, -0.1) is 0 Å². The predicted molar refractivity (Wildman–Crippen MR) is 52.4 cm³/mol. The lowest BCUT2D eigenvalue weighted by Gasteiger charge is -2.43. The molecule has 0 radical (unpaired) electrons. The van der Waals surface area contributed by atoms with Gasteiger partial charge in [0.15, 0.2) is 6.29 Å². The average molecular weight is 216 g/mol. The van der Waals surface area contributed by atoms with Gasteiger partial charge in [0.05, 0.1) is 18.4 Å². The fourth-order valence-electron chi connectivity index (χ4n) is 1.93. The van der Waals surface area contributed by atoms with Crippen molar-refractivity contribution in [3.63, 3.8) is 0 Å². The van der Waals surface area contributed by atoms with Crippen LogP contribution in [0.2, 0.25) is 0 Å². The molecule has 2 aliphatic rings. The Morgan fingerprint density at radius 3 is 2.80 bits per heavy atom. The molecule has 0 aromatic carbocycles. The largest absolute Gasteiger partial charge is 0.388 e. The molecule has 86 valence electrons. The smallest absolute Gasteiger partial charge is 0.183 e. The minimum atomic E-state index is -1.33. The standard InChI is InChI=1S/C9H16N2O4/c1-2-5-10-3-4-6(11-5)7(12)8(13)9(14)15-4/h4,6-9,12-14H,2-3H2,1H3,(H,10,11). The van der Waals surface area contributed by atoms with Gasteiger partial charge in [0.25, 0.3) is 0 Å². The van der Waals surface area contributed by atoms with Crippen LogP contribution in [-0.2, 0) is 4.74 Å². The van der Waals surface area contributed by atoms with Crippen LogP contribution in [-0.4, -0.2) is 58.3 Å². The molecule has 0 aromatic heterocycles. The first-order valence-electron chi connectivity index (χ1n) is 5.13. The van der Waals surface area contributed by atoms with Gasteiger partial charge in [0, 0.05) is 6.42 Å². The third-order valence-electron chi connectivity index (χ3n) is 2.86. The van der Waals surface area contributed by atoms with E-state index in [0.717, 1.165) is 12.3 Å². The van der Waals surface area contributed by atoms with Gasteiger partial charge in [-0.2, -0.15) is 0 Å². The van der Waals surface area contributed by atoms with Crippen molar-refractivity contribution in [2.45, 2.75) is 44.0 Å². The highest BCUT2D eigenvalue weighted by atomic mass is 16.6. The van der Waals surface area contributed by atoms with E-state index in [1.807, 2.05) is 6.92 Å². The maximum absolute atomic E-state index is 9.75. The number of ether oxygens (including phenoxy) is 1. The second-order valence-corrected chi connectivity index (χ2v) is 3.86. The van der Waals surface area contributed by atoms with Crippen LogP contribution in [0.25, 0.3) is 0 Å². The number of aliphatic hydroxyl groups excluding tert-OH is 3. The molecular formula is C9H16N2O4. The molecule has 0 aromatic rings. The number of hydrogen-bond donors (Lipinski definition) is 4. The Morgan fingerprint density at radius 1 is 1.40 bits per heavy atom. The molecular weight excluding hydrogens is 200 g/mol. The molecule has 0 spiro atoms. The Labute approximate surface area is 87.6 Å². The SMILES string of the molecule is CCC1=NCC2OC(O)C(O)C(O)C2N1. The summed E-state index contributed by atoms with van der Waals surface area (Å²) in [6.45, 7) is 2.36. The minimum Gasteiger partial charge on any atom is -0.388 e. The van der Waals surface area contributed by atoms with Gasteiger partial charge in [0.2, 0.25) is 0 Å². The van der Waals surface area contributed by atoms with Gasteiger partial charge in [0.1, 0.15) is 18.3 Å². The van der Waals surface area contributed by atoms with Crippen LogP contribution in [0, 0.1) is 0 Å². The van der Waals surface area contributed by atoms with Crippen molar-refractivity contribution < 1.29 is 20.1 Å². The summed E-state index contributed by atoms with van der Waals surface area (Å²) in [6, 6.07) is -0.393. The van der Waals surface area contributed by atoms with Gasteiger partial charge in [-0.05, 0) is 0 Å². The van der Waals surface area contributed by atoms with E-state index < -0.39 is 24.5 Å². The van der Waals surface area contributed by atoms with Gasteiger partial charge in [-0.25, -0.2) is 0 Å². The summed E-state index contributed by atoms with van der Waals surface area (Å²) in [5.41, 5.74) is 0. The summed E-state index contributed by atoms with van der Waals surface area (Å²) in [5.74, 6) is 0.794. The van der Waals surface area contributed by atoms with E-state index in [1.165, 1.54) is 0 Å². The van der Waals surface area contributed by atoms with Crippen LogP contribution in [0.1, 0.15) is 13.3 Å². The molecule has 2 aliphatic heterocycles. The van der Waals surface area contributed by atoms with E-state index in [9.17, 15) is 15.3 Å². The lowest BCUT2D eigenvalue weighted by atomic mass is 9.94. The summed E-state index contributed by atoms with van der Waals surface area (Å²) in [5, 5.41) is 31.5. The molecule has 1 saturated heterocycles. The van der Waals surface area contributed by atoms with Crippen molar-refractivity contribution in [2.24, 2.45) is 4.99 Å². The van der Waals surface area contributed by atoms with Gasteiger partial charge in [-0.1, -0.05) is 6.92 Å². The summed E-state index contributed by atoms with van der Waals surface area (Å²) < 4.78 is 5.14. The number of hydrogen-bond acceptors (Lipinski definition) is 6. The molecule has 0 aliphatic carbocycles. The van der Waals surface area contributed by atoms with Crippen LogP contribution >= 0.6 is 0 Å². The molecule has 6 heteroatoms. The highest BCUT2D eigenvalue weighted by molar-refractivity contribution is 5.83. The highest BCUT2D eigenvalue weighted by Crippen LogP contribution is 2.22. The third-order valence-corrected chi connectivity index (χ3v) is 2.86. The van der Waals surface area contributed by atoms with E-state index in [2.05, 4.69) is 10.3 Å². The van der Waals surface area contributed by atoms with Crippen LogP contribution in [0.5, 0.6) is 0 Å².